The number of rotatable bonds is 9. The van der Waals surface area contributed by atoms with E-state index in [0.29, 0.717) is 12.5 Å². The molecule has 4 fully saturated rings. The van der Waals surface area contributed by atoms with Crippen molar-refractivity contribution in [2.24, 2.45) is 11.8 Å². The van der Waals surface area contributed by atoms with Crippen molar-refractivity contribution in [3.63, 3.8) is 0 Å². The van der Waals surface area contributed by atoms with E-state index in [1.807, 2.05) is 35.7 Å². The Kier molecular flexibility index (Phi) is 6.60. The van der Waals surface area contributed by atoms with Crippen LogP contribution >= 0.6 is 11.3 Å². The van der Waals surface area contributed by atoms with E-state index in [4.69, 9.17) is 18.9 Å². The lowest BCUT2D eigenvalue weighted by Crippen LogP contribution is -2.65. The molecular formula is C28H36NO6S+. The minimum atomic E-state index is -1.51. The van der Waals surface area contributed by atoms with Crippen molar-refractivity contribution >= 4 is 17.3 Å². The summed E-state index contributed by atoms with van der Waals surface area (Å²) in [6, 6.07) is 9.48. The zero-order chi connectivity index (χ0) is 24.6. The van der Waals surface area contributed by atoms with Crippen LogP contribution in [0.25, 0.3) is 0 Å². The Morgan fingerprint density at radius 3 is 2.69 bits per heavy atom. The van der Waals surface area contributed by atoms with Crippen LogP contribution in [0.5, 0.6) is 17.2 Å². The first-order valence-electron chi connectivity index (χ1n) is 13.4. The summed E-state index contributed by atoms with van der Waals surface area (Å²) >= 11 is 1.46. The highest BCUT2D eigenvalue weighted by Crippen LogP contribution is 2.44. The third-order valence-corrected chi connectivity index (χ3v) is 9.84. The summed E-state index contributed by atoms with van der Waals surface area (Å²) in [6.45, 7) is 4.99. The van der Waals surface area contributed by atoms with Crippen LogP contribution in [0.2, 0.25) is 0 Å². The first kappa shape index (κ1) is 24.1. The quantitative estimate of drug-likeness (QED) is 0.302. The third-order valence-electron chi connectivity index (χ3n) is 8.84. The fourth-order valence-electron chi connectivity index (χ4n) is 6.76. The van der Waals surface area contributed by atoms with Gasteiger partial charge < -0.3 is 28.5 Å². The predicted octanol–water partition coefficient (Wildman–Crippen LogP) is 4.48. The second kappa shape index (κ2) is 9.88. The number of hydrogen-bond donors (Lipinski definition) is 1. The number of carbonyl (C=O) groups excluding carboxylic acids is 1. The first-order chi connectivity index (χ1) is 17.6. The zero-order valence-electron chi connectivity index (χ0n) is 20.7. The number of benzene rings is 1. The van der Waals surface area contributed by atoms with Gasteiger partial charge in [-0.15, -0.1) is 11.3 Å². The Balaban J connectivity index is 1.07. The highest BCUT2D eigenvalue weighted by molar-refractivity contribution is 7.10. The van der Waals surface area contributed by atoms with Gasteiger partial charge in [-0.1, -0.05) is 18.9 Å². The monoisotopic (exact) mass is 514 g/mol. The Morgan fingerprint density at radius 1 is 1.11 bits per heavy atom. The number of quaternary nitrogens is 1. The van der Waals surface area contributed by atoms with Crippen molar-refractivity contribution in [2.45, 2.75) is 56.7 Å². The average molecular weight is 515 g/mol. The highest BCUT2D eigenvalue weighted by Gasteiger charge is 2.53. The van der Waals surface area contributed by atoms with Gasteiger partial charge in [0.05, 0.1) is 26.2 Å². The van der Waals surface area contributed by atoms with Gasteiger partial charge in [-0.25, -0.2) is 4.79 Å². The number of hydrogen-bond acceptors (Lipinski definition) is 7. The fraction of sp³-hybridized carbons (Fsp3) is 0.607. The summed E-state index contributed by atoms with van der Waals surface area (Å²) in [6.07, 6.45) is 6.83. The van der Waals surface area contributed by atoms with E-state index in [9.17, 15) is 9.90 Å². The van der Waals surface area contributed by atoms with Gasteiger partial charge in [0, 0.05) is 42.0 Å². The molecule has 0 radical (unpaired) electrons. The second-order valence-corrected chi connectivity index (χ2v) is 11.9. The highest BCUT2D eigenvalue weighted by atomic mass is 32.1. The van der Waals surface area contributed by atoms with Crippen LogP contribution in [0.15, 0.2) is 35.7 Å². The zero-order valence-corrected chi connectivity index (χ0v) is 21.5. The lowest BCUT2D eigenvalue weighted by atomic mass is 9.82. The molecule has 3 saturated heterocycles. The molecule has 8 heteroatoms. The normalized spacial score (nSPS) is 28.7. The van der Waals surface area contributed by atoms with Gasteiger partial charge in [-0.05, 0) is 36.4 Å². The average Bonchev–Trinajstić information content (AvgIpc) is 3.69. The lowest BCUT2D eigenvalue weighted by Gasteiger charge is -2.52. The second-order valence-electron chi connectivity index (χ2n) is 10.9. The molecule has 1 aromatic carbocycles. The molecule has 7 rings (SSSR count). The van der Waals surface area contributed by atoms with E-state index in [0.717, 1.165) is 97.7 Å². The molecule has 1 aliphatic carbocycles. The maximum atomic E-state index is 13.6. The molecule has 2 aromatic rings. The van der Waals surface area contributed by atoms with Gasteiger partial charge in [0.2, 0.25) is 6.79 Å². The van der Waals surface area contributed by atoms with E-state index >= 15 is 0 Å². The third kappa shape index (κ3) is 4.48. The lowest BCUT2D eigenvalue weighted by molar-refractivity contribution is -0.946. The van der Waals surface area contributed by atoms with Crippen LogP contribution in [0, 0.1) is 11.8 Å². The maximum Gasteiger partial charge on any atom is 0.344 e. The van der Waals surface area contributed by atoms with E-state index in [2.05, 4.69) is 0 Å². The van der Waals surface area contributed by atoms with Crippen LogP contribution in [0.1, 0.15) is 49.8 Å². The van der Waals surface area contributed by atoms with Gasteiger partial charge in [0.25, 0.3) is 0 Å². The van der Waals surface area contributed by atoms with Crippen LogP contribution in [0.4, 0.5) is 0 Å². The SMILES string of the molecule is O=C(O[C@H]1C[N+]2(CCCOc3ccc4c(c3)OCO4)CCC1CC2)[C@](O)(c1cccs1)C1CCCC1. The standard InChI is InChI=1S/C28H36NO6S/c30-27(28(31,21-5-1-2-6-21)26-7-3-16-36-26)35-25-18-29(13-10-20(25)11-14-29)12-4-15-32-22-8-9-23-24(17-22)34-19-33-23/h3,7-9,16-17,20-21,25,31H,1-2,4-6,10-15,18-19H2/q+1/t20?,25-,28+,29?/m0/s1. The molecule has 1 saturated carbocycles. The number of esters is 1. The number of carbonyl (C=O) groups is 1. The summed E-state index contributed by atoms with van der Waals surface area (Å²) in [7, 11) is 0. The van der Waals surface area contributed by atoms with Gasteiger partial charge in [-0.3, -0.25) is 0 Å². The van der Waals surface area contributed by atoms with E-state index < -0.39 is 11.6 Å². The minimum absolute atomic E-state index is 0.0544. The smallest absolute Gasteiger partial charge is 0.344 e. The summed E-state index contributed by atoms with van der Waals surface area (Å²) < 4.78 is 24.0. The van der Waals surface area contributed by atoms with E-state index in [-0.39, 0.29) is 18.8 Å². The molecule has 5 aliphatic rings. The molecule has 0 unspecified atom stereocenters. The van der Waals surface area contributed by atoms with Gasteiger partial charge in [0.1, 0.15) is 12.3 Å². The molecule has 5 heterocycles. The number of fused-ring (bicyclic) bond motifs is 4. The van der Waals surface area contributed by atoms with Crippen molar-refractivity contribution < 1.29 is 33.3 Å². The maximum absolute atomic E-state index is 13.6. The topological polar surface area (TPSA) is 74.2 Å². The van der Waals surface area contributed by atoms with Gasteiger partial charge in [0.15, 0.2) is 23.2 Å². The number of thiophene rings is 1. The van der Waals surface area contributed by atoms with Crippen molar-refractivity contribution in [1.29, 1.82) is 0 Å². The molecular weight excluding hydrogens is 478 g/mol. The number of nitrogens with zero attached hydrogens (tertiary/aromatic N) is 1. The predicted molar refractivity (Wildman–Crippen MR) is 135 cm³/mol. The number of aliphatic hydroxyl groups is 1. The number of ether oxygens (including phenoxy) is 4. The summed E-state index contributed by atoms with van der Waals surface area (Å²) in [5.41, 5.74) is -1.51. The van der Waals surface area contributed by atoms with Crippen LogP contribution in [0.3, 0.4) is 0 Å². The van der Waals surface area contributed by atoms with Gasteiger partial charge in [-0.2, -0.15) is 0 Å². The molecule has 2 atom stereocenters. The molecule has 4 aliphatic heterocycles. The molecule has 2 bridgehead atoms. The summed E-state index contributed by atoms with van der Waals surface area (Å²) in [5.74, 6) is 2.20. The minimum Gasteiger partial charge on any atom is -0.493 e. The van der Waals surface area contributed by atoms with Crippen molar-refractivity contribution in [2.75, 3.05) is 39.6 Å². The molecule has 0 spiro atoms. The Morgan fingerprint density at radius 2 is 1.92 bits per heavy atom. The Bertz CT molecular complexity index is 1060. The Hall–Kier alpha value is -2.29. The fourth-order valence-corrected chi connectivity index (χ4v) is 7.65. The molecule has 1 N–H and O–H groups in total. The molecule has 1 aromatic heterocycles. The molecule has 7 nitrogen and oxygen atoms in total. The first-order valence-corrected chi connectivity index (χ1v) is 14.3. The van der Waals surface area contributed by atoms with Crippen molar-refractivity contribution in [1.82, 2.24) is 0 Å². The number of piperidine rings is 3. The van der Waals surface area contributed by atoms with E-state index in [1.54, 1.807) is 0 Å². The van der Waals surface area contributed by atoms with Crippen LogP contribution < -0.4 is 14.2 Å². The van der Waals surface area contributed by atoms with E-state index in [1.165, 1.54) is 11.3 Å². The summed E-state index contributed by atoms with van der Waals surface area (Å²) in [4.78, 5) is 14.3. The van der Waals surface area contributed by atoms with Crippen LogP contribution in [-0.2, 0) is 15.1 Å². The largest absolute Gasteiger partial charge is 0.493 e. The molecule has 36 heavy (non-hydrogen) atoms. The van der Waals surface area contributed by atoms with Crippen molar-refractivity contribution in [3.8, 4) is 17.2 Å². The van der Waals surface area contributed by atoms with Crippen molar-refractivity contribution in [3.05, 3.63) is 40.6 Å². The van der Waals surface area contributed by atoms with Gasteiger partial charge >= 0.3 is 5.97 Å². The molecule has 0 amide bonds. The molecule has 194 valence electrons. The van der Waals surface area contributed by atoms with Crippen LogP contribution in [-0.4, -0.2) is 61.2 Å². The summed E-state index contributed by atoms with van der Waals surface area (Å²) in [5, 5.41) is 13.7. The Labute approximate surface area is 216 Å².